The second kappa shape index (κ2) is 9.50. The van der Waals surface area contributed by atoms with E-state index in [-0.39, 0.29) is 5.25 Å². The van der Waals surface area contributed by atoms with Crippen LogP contribution in [0.2, 0.25) is 0 Å². The van der Waals surface area contributed by atoms with E-state index in [1.54, 1.807) is 26.0 Å². The smallest absolute Gasteiger partial charge is 0.236 e. The number of aromatic nitrogens is 2. The van der Waals surface area contributed by atoms with Gasteiger partial charge in [0.05, 0.1) is 25.2 Å². The first-order valence-corrected chi connectivity index (χ1v) is 10.6. The maximum atomic E-state index is 5.52. The molecule has 5 nitrogen and oxygen atoms in total. The van der Waals surface area contributed by atoms with E-state index in [1.807, 2.05) is 30.3 Å². The van der Waals surface area contributed by atoms with Gasteiger partial charge in [0, 0.05) is 5.56 Å². The maximum absolute atomic E-state index is 5.52. The number of hydrogen-bond acceptors (Lipinski definition) is 6. The average Bonchev–Trinajstić information content (AvgIpc) is 3.29. The fourth-order valence-electron chi connectivity index (χ4n) is 3.20. The molecule has 0 spiro atoms. The Hall–Kier alpha value is -3.25. The van der Waals surface area contributed by atoms with Crippen LogP contribution >= 0.6 is 11.8 Å². The van der Waals surface area contributed by atoms with Gasteiger partial charge in [0.2, 0.25) is 11.7 Å². The Bertz CT molecular complexity index is 1040. The largest absolute Gasteiger partial charge is 0.493 e. The Balaban J connectivity index is 1.53. The van der Waals surface area contributed by atoms with Crippen molar-refractivity contribution in [3.05, 3.63) is 95.9 Å². The Morgan fingerprint density at radius 1 is 0.833 bits per heavy atom. The standard InChI is InChI=1S/C24H22N2O3S/c1-27-20-14-13-19(15-21(20)28-2)24-25-22(29-26-24)16-30-23(17-9-5-3-6-10-17)18-11-7-4-8-12-18/h3-15,23H,16H2,1-2H3. The third-order valence-corrected chi connectivity index (χ3v) is 5.98. The Morgan fingerprint density at radius 3 is 2.07 bits per heavy atom. The molecule has 0 fully saturated rings. The molecule has 0 N–H and O–H groups in total. The molecule has 1 heterocycles. The monoisotopic (exact) mass is 418 g/mol. The zero-order chi connectivity index (χ0) is 20.8. The molecule has 0 radical (unpaired) electrons. The van der Waals surface area contributed by atoms with E-state index in [4.69, 9.17) is 14.0 Å². The van der Waals surface area contributed by atoms with Gasteiger partial charge in [-0.1, -0.05) is 65.8 Å². The predicted molar refractivity (Wildman–Crippen MR) is 119 cm³/mol. The fraction of sp³-hybridized carbons (Fsp3) is 0.167. The molecule has 3 aromatic carbocycles. The molecular formula is C24H22N2O3S. The van der Waals surface area contributed by atoms with Crippen LogP contribution in [0.3, 0.4) is 0 Å². The van der Waals surface area contributed by atoms with Crippen LogP contribution in [-0.2, 0) is 5.75 Å². The van der Waals surface area contributed by atoms with Crippen LogP contribution in [0.1, 0.15) is 22.3 Å². The molecule has 0 aliphatic carbocycles. The topological polar surface area (TPSA) is 57.4 Å². The maximum Gasteiger partial charge on any atom is 0.236 e. The summed E-state index contributed by atoms with van der Waals surface area (Å²) < 4.78 is 16.2. The highest BCUT2D eigenvalue weighted by atomic mass is 32.2. The van der Waals surface area contributed by atoms with Crippen LogP contribution in [0.15, 0.2) is 83.4 Å². The van der Waals surface area contributed by atoms with Gasteiger partial charge in [-0.2, -0.15) is 4.98 Å². The summed E-state index contributed by atoms with van der Waals surface area (Å²) in [7, 11) is 3.21. The molecule has 0 saturated carbocycles. The third-order valence-electron chi connectivity index (χ3n) is 4.69. The number of thioether (sulfide) groups is 1. The highest BCUT2D eigenvalue weighted by molar-refractivity contribution is 7.98. The average molecular weight is 419 g/mol. The highest BCUT2D eigenvalue weighted by Crippen LogP contribution is 2.37. The van der Waals surface area contributed by atoms with E-state index in [0.717, 1.165) is 5.56 Å². The lowest BCUT2D eigenvalue weighted by molar-refractivity contribution is 0.355. The molecule has 0 aliphatic rings. The fourth-order valence-corrected chi connectivity index (χ4v) is 4.33. The summed E-state index contributed by atoms with van der Waals surface area (Å²) in [6, 6.07) is 26.5. The summed E-state index contributed by atoms with van der Waals surface area (Å²) in [5.41, 5.74) is 3.30. The van der Waals surface area contributed by atoms with Crippen molar-refractivity contribution in [3.8, 4) is 22.9 Å². The van der Waals surface area contributed by atoms with Crippen LogP contribution in [-0.4, -0.2) is 24.4 Å². The summed E-state index contributed by atoms with van der Waals surface area (Å²) in [5, 5.41) is 4.33. The van der Waals surface area contributed by atoms with Crippen LogP contribution < -0.4 is 9.47 Å². The summed E-state index contributed by atoms with van der Waals surface area (Å²) in [4.78, 5) is 4.58. The van der Waals surface area contributed by atoms with Gasteiger partial charge in [-0.15, -0.1) is 11.8 Å². The summed E-state index contributed by atoms with van der Waals surface area (Å²) in [6.45, 7) is 0. The number of hydrogen-bond donors (Lipinski definition) is 0. The molecule has 0 amide bonds. The lowest BCUT2D eigenvalue weighted by Crippen LogP contribution is -1.97. The summed E-state index contributed by atoms with van der Waals surface area (Å²) >= 11 is 1.76. The molecule has 0 bridgehead atoms. The highest BCUT2D eigenvalue weighted by Gasteiger charge is 2.17. The summed E-state index contributed by atoms with van der Waals surface area (Å²) in [6.07, 6.45) is 0. The zero-order valence-corrected chi connectivity index (χ0v) is 17.6. The van der Waals surface area contributed by atoms with Crippen LogP contribution in [0, 0.1) is 0 Å². The van der Waals surface area contributed by atoms with E-state index in [2.05, 4.69) is 58.7 Å². The van der Waals surface area contributed by atoms with E-state index < -0.39 is 0 Å². The first-order chi connectivity index (χ1) is 14.8. The van der Waals surface area contributed by atoms with Crippen molar-refractivity contribution in [3.63, 3.8) is 0 Å². The number of methoxy groups -OCH3 is 2. The lowest BCUT2D eigenvalue weighted by atomic mass is 10.0. The molecule has 4 rings (SSSR count). The van der Waals surface area contributed by atoms with E-state index >= 15 is 0 Å². The van der Waals surface area contributed by atoms with Crippen molar-refractivity contribution >= 4 is 11.8 Å². The van der Waals surface area contributed by atoms with Crippen LogP contribution in [0.4, 0.5) is 0 Å². The second-order valence-corrected chi connectivity index (χ2v) is 7.69. The molecule has 152 valence electrons. The van der Waals surface area contributed by atoms with Crippen molar-refractivity contribution in [1.29, 1.82) is 0 Å². The number of benzene rings is 3. The van der Waals surface area contributed by atoms with Crippen LogP contribution in [0.25, 0.3) is 11.4 Å². The van der Waals surface area contributed by atoms with Gasteiger partial charge in [0.25, 0.3) is 0 Å². The minimum absolute atomic E-state index is 0.184. The van der Waals surface area contributed by atoms with Gasteiger partial charge >= 0.3 is 0 Å². The number of ether oxygens (including phenoxy) is 2. The third kappa shape index (κ3) is 4.49. The minimum atomic E-state index is 0.184. The number of rotatable bonds is 8. The van der Waals surface area contributed by atoms with Crippen molar-refractivity contribution in [2.24, 2.45) is 0 Å². The number of nitrogens with zero attached hydrogens (tertiary/aromatic N) is 2. The normalized spacial score (nSPS) is 10.9. The molecule has 0 atom stereocenters. The summed E-state index contributed by atoms with van der Waals surface area (Å²) in [5.74, 6) is 3.01. The first-order valence-electron chi connectivity index (χ1n) is 9.55. The first kappa shape index (κ1) is 20.0. The quantitative estimate of drug-likeness (QED) is 0.362. The molecule has 0 aliphatic heterocycles. The van der Waals surface area contributed by atoms with E-state index in [1.165, 1.54) is 11.1 Å². The van der Waals surface area contributed by atoms with E-state index in [0.29, 0.717) is 29.0 Å². The van der Waals surface area contributed by atoms with Gasteiger partial charge in [0.15, 0.2) is 11.5 Å². The van der Waals surface area contributed by atoms with Crippen molar-refractivity contribution in [1.82, 2.24) is 10.1 Å². The van der Waals surface area contributed by atoms with E-state index in [9.17, 15) is 0 Å². The van der Waals surface area contributed by atoms with Gasteiger partial charge in [-0.05, 0) is 29.3 Å². The molecule has 0 unspecified atom stereocenters. The Labute approximate surface area is 180 Å². The second-order valence-electron chi connectivity index (χ2n) is 6.59. The molecule has 0 saturated heterocycles. The molecule has 1 aromatic heterocycles. The zero-order valence-electron chi connectivity index (χ0n) is 16.8. The van der Waals surface area contributed by atoms with Crippen LogP contribution in [0.5, 0.6) is 11.5 Å². The van der Waals surface area contributed by atoms with Crippen molar-refractivity contribution in [2.45, 2.75) is 11.0 Å². The van der Waals surface area contributed by atoms with Crippen molar-refractivity contribution in [2.75, 3.05) is 14.2 Å². The van der Waals surface area contributed by atoms with Gasteiger partial charge in [0.1, 0.15) is 0 Å². The van der Waals surface area contributed by atoms with Gasteiger partial charge < -0.3 is 14.0 Å². The Morgan fingerprint density at radius 2 is 1.47 bits per heavy atom. The SMILES string of the molecule is COc1ccc(-c2noc(CSC(c3ccccc3)c3ccccc3)n2)cc1OC. The van der Waals surface area contributed by atoms with Gasteiger partial charge in [-0.3, -0.25) is 0 Å². The van der Waals surface area contributed by atoms with Gasteiger partial charge in [-0.25, -0.2) is 0 Å². The van der Waals surface area contributed by atoms with Crippen molar-refractivity contribution < 1.29 is 14.0 Å². The molecular weight excluding hydrogens is 396 g/mol. The predicted octanol–water partition coefficient (Wildman–Crippen LogP) is 5.78. The minimum Gasteiger partial charge on any atom is -0.493 e. The lowest BCUT2D eigenvalue weighted by Gasteiger charge is -2.16. The molecule has 4 aromatic rings. The molecule has 6 heteroatoms. The Kier molecular flexibility index (Phi) is 6.35. The molecule has 30 heavy (non-hydrogen) atoms.